The van der Waals surface area contributed by atoms with Gasteiger partial charge in [0.2, 0.25) is 5.91 Å². The van der Waals surface area contributed by atoms with Crippen LogP contribution in [-0.4, -0.2) is 26.5 Å². The summed E-state index contributed by atoms with van der Waals surface area (Å²) in [6.07, 6.45) is 2.97. The number of amides is 1. The van der Waals surface area contributed by atoms with Gasteiger partial charge >= 0.3 is 0 Å². The molecule has 2 rings (SSSR count). The van der Waals surface area contributed by atoms with Crippen LogP contribution in [0.5, 0.6) is 0 Å². The molecule has 0 aromatic carbocycles. The highest BCUT2D eigenvalue weighted by Crippen LogP contribution is 2.32. The van der Waals surface area contributed by atoms with E-state index < -0.39 is 5.54 Å². The van der Waals surface area contributed by atoms with Gasteiger partial charge < -0.3 is 5.32 Å². The Morgan fingerprint density at radius 1 is 1.60 bits per heavy atom. The number of hydrogen-bond acceptors (Lipinski definition) is 4. The summed E-state index contributed by atoms with van der Waals surface area (Å²) in [5, 5.41) is 16.5. The Morgan fingerprint density at radius 2 is 2.33 bits per heavy atom. The van der Waals surface area contributed by atoms with Gasteiger partial charge in [-0.25, -0.2) is 0 Å². The molecule has 0 saturated heterocycles. The largest absolute Gasteiger partial charge is 0.344 e. The maximum absolute atomic E-state index is 11.6. The number of carbonyl (C=O) groups excluding carboxylic acids is 1. The second kappa shape index (κ2) is 3.60. The Bertz CT molecular complexity index is 341. The van der Waals surface area contributed by atoms with Crippen molar-refractivity contribution in [2.45, 2.75) is 38.6 Å². The van der Waals surface area contributed by atoms with Crippen molar-refractivity contribution in [3.8, 4) is 0 Å². The molecule has 0 aliphatic heterocycles. The average molecular weight is 209 g/mol. The Morgan fingerprint density at radius 3 is 2.87 bits per heavy atom. The molecule has 0 radical (unpaired) electrons. The fourth-order valence-corrected chi connectivity index (χ4v) is 1.47. The molecule has 0 spiro atoms. The highest BCUT2D eigenvalue weighted by atomic mass is 16.1. The minimum absolute atomic E-state index is 0.0623. The molecule has 0 bridgehead atoms. The maximum Gasteiger partial charge on any atom is 0.221 e. The van der Waals surface area contributed by atoms with E-state index in [2.05, 4.69) is 25.9 Å². The number of hydrogen-bond donors (Lipinski definition) is 2. The third kappa shape index (κ3) is 2.51. The summed E-state index contributed by atoms with van der Waals surface area (Å²) in [6, 6.07) is 0. The van der Waals surface area contributed by atoms with Gasteiger partial charge in [0.25, 0.3) is 0 Å². The van der Waals surface area contributed by atoms with Crippen molar-refractivity contribution in [1.82, 2.24) is 25.9 Å². The summed E-state index contributed by atoms with van der Waals surface area (Å²) < 4.78 is 0. The molecule has 0 unspecified atom stereocenters. The van der Waals surface area contributed by atoms with Gasteiger partial charge in [-0.2, -0.15) is 5.21 Å². The quantitative estimate of drug-likeness (QED) is 0.749. The fourth-order valence-electron chi connectivity index (χ4n) is 1.47. The summed E-state index contributed by atoms with van der Waals surface area (Å²) >= 11 is 0. The lowest BCUT2D eigenvalue weighted by molar-refractivity contribution is -0.123. The maximum atomic E-state index is 11.6. The lowest BCUT2D eigenvalue weighted by Gasteiger charge is -2.22. The first-order chi connectivity index (χ1) is 7.08. The van der Waals surface area contributed by atoms with Gasteiger partial charge in [-0.3, -0.25) is 4.79 Å². The van der Waals surface area contributed by atoms with E-state index in [4.69, 9.17) is 0 Å². The third-order valence-corrected chi connectivity index (χ3v) is 2.53. The van der Waals surface area contributed by atoms with Crippen LogP contribution < -0.4 is 5.32 Å². The average Bonchev–Trinajstić information content (AvgIpc) is 2.79. The zero-order chi connectivity index (χ0) is 10.9. The molecule has 15 heavy (non-hydrogen) atoms. The Balaban J connectivity index is 1.94. The molecule has 0 atom stereocenters. The summed E-state index contributed by atoms with van der Waals surface area (Å²) in [5.74, 6) is 1.16. The van der Waals surface area contributed by atoms with Gasteiger partial charge in [0.15, 0.2) is 5.82 Å². The summed E-state index contributed by atoms with van der Waals surface area (Å²) in [5.41, 5.74) is -0.557. The van der Waals surface area contributed by atoms with E-state index in [1.165, 1.54) is 12.8 Å². The molecule has 1 aromatic heterocycles. The molecule has 82 valence electrons. The lowest BCUT2D eigenvalue weighted by Crippen LogP contribution is -2.42. The monoisotopic (exact) mass is 209 g/mol. The molecule has 1 aliphatic carbocycles. The number of aromatic nitrogens is 4. The number of carbonyl (C=O) groups is 1. The first kappa shape index (κ1) is 10.1. The van der Waals surface area contributed by atoms with Crippen LogP contribution in [-0.2, 0) is 10.3 Å². The van der Waals surface area contributed by atoms with Crippen LogP contribution in [0.2, 0.25) is 0 Å². The predicted octanol–water partition coefficient (Wildman–Crippen LogP) is 0.351. The molecular formula is C9H15N5O. The highest BCUT2D eigenvalue weighted by Gasteiger charge is 2.30. The topological polar surface area (TPSA) is 83.6 Å². The number of tetrazole rings is 1. The van der Waals surface area contributed by atoms with Gasteiger partial charge in [0.05, 0.1) is 5.54 Å². The zero-order valence-corrected chi connectivity index (χ0v) is 8.95. The van der Waals surface area contributed by atoms with Gasteiger partial charge in [0, 0.05) is 6.42 Å². The van der Waals surface area contributed by atoms with Crippen molar-refractivity contribution < 1.29 is 4.79 Å². The lowest BCUT2D eigenvalue weighted by atomic mass is 10.0. The van der Waals surface area contributed by atoms with Crippen LogP contribution >= 0.6 is 0 Å². The molecule has 6 nitrogen and oxygen atoms in total. The number of nitrogens with zero attached hydrogens (tertiary/aromatic N) is 3. The Hall–Kier alpha value is -1.46. The van der Waals surface area contributed by atoms with E-state index in [1.54, 1.807) is 0 Å². The van der Waals surface area contributed by atoms with Gasteiger partial charge in [-0.05, 0) is 32.6 Å². The Labute approximate surface area is 87.8 Å². The second-order valence-electron chi connectivity index (χ2n) is 4.56. The zero-order valence-electron chi connectivity index (χ0n) is 8.95. The van der Waals surface area contributed by atoms with Gasteiger partial charge in [-0.1, -0.05) is 5.21 Å². The van der Waals surface area contributed by atoms with Crippen LogP contribution in [0, 0.1) is 5.92 Å². The molecule has 1 heterocycles. The molecular weight excluding hydrogens is 194 g/mol. The first-order valence-corrected chi connectivity index (χ1v) is 5.13. The van der Waals surface area contributed by atoms with E-state index in [1.807, 2.05) is 13.8 Å². The van der Waals surface area contributed by atoms with Crippen LogP contribution in [0.15, 0.2) is 0 Å². The molecule has 1 aliphatic rings. The minimum Gasteiger partial charge on any atom is -0.344 e. The van der Waals surface area contributed by atoms with Crippen LogP contribution in [0.4, 0.5) is 0 Å². The number of aromatic amines is 1. The van der Waals surface area contributed by atoms with Crippen LogP contribution in [0.3, 0.4) is 0 Å². The standard InChI is InChI=1S/C9H15N5O/c1-9(2,8-11-13-14-12-8)10-7(15)5-6-3-4-6/h6H,3-5H2,1-2H3,(H,10,15)(H,11,12,13,14). The number of nitrogens with one attached hydrogen (secondary N) is 2. The number of H-pyrrole nitrogens is 1. The fraction of sp³-hybridized carbons (Fsp3) is 0.778. The first-order valence-electron chi connectivity index (χ1n) is 5.13. The van der Waals surface area contributed by atoms with Crippen molar-refractivity contribution in [3.05, 3.63) is 5.82 Å². The summed E-state index contributed by atoms with van der Waals surface area (Å²) in [6.45, 7) is 3.73. The van der Waals surface area contributed by atoms with Gasteiger partial charge in [0.1, 0.15) is 0 Å². The van der Waals surface area contributed by atoms with E-state index in [0.29, 0.717) is 18.2 Å². The second-order valence-corrected chi connectivity index (χ2v) is 4.56. The van der Waals surface area contributed by atoms with E-state index in [0.717, 1.165) is 0 Å². The van der Waals surface area contributed by atoms with Crippen molar-refractivity contribution in [1.29, 1.82) is 0 Å². The minimum atomic E-state index is -0.557. The molecule has 1 fully saturated rings. The van der Waals surface area contributed by atoms with Crippen LogP contribution in [0.25, 0.3) is 0 Å². The van der Waals surface area contributed by atoms with Crippen molar-refractivity contribution >= 4 is 5.91 Å². The molecule has 6 heteroatoms. The van der Waals surface area contributed by atoms with E-state index in [-0.39, 0.29) is 5.91 Å². The molecule has 2 N–H and O–H groups in total. The summed E-state index contributed by atoms with van der Waals surface area (Å²) in [4.78, 5) is 11.6. The van der Waals surface area contributed by atoms with Crippen molar-refractivity contribution in [3.63, 3.8) is 0 Å². The number of rotatable bonds is 4. The third-order valence-electron chi connectivity index (χ3n) is 2.53. The normalized spacial score (nSPS) is 16.4. The molecule has 1 amide bonds. The highest BCUT2D eigenvalue weighted by molar-refractivity contribution is 5.77. The van der Waals surface area contributed by atoms with Crippen molar-refractivity contribution in [2.24, 2.45) is 5.92 Å². The van der Waals surface area contributed by atoms with Gasteiger partial charge in [-0.15, -0.1) is 10.2 Å². The smallest absolute Gasteiger partial charge is 0.221 e. The molecule has 1 saturated carbocycles. The summed E-state index contributed by atoms with van der Waals surface area (Å²) in [7, 11) is 0. The SMILES string of the molecule is CC(C)(NC(=O)CC1CC1)c1nn[nH]n1. The van der Waals surface area contributed by atoms with Crippen molar-refractivity contribution in [2.75, 3.05) is 0 Å². The van der Waals surface area contributed by atoms with E-state index >= 15 is 0 Å². The molecule has 1 aromatic rings. The Kier molecular flexibility index (Phi) is 2.42. The van der Waals surface area contributed by atoms with E-state index in [9.17, 15) is 4.79 Å². The predicted molar refractivity (Wildman–Crippen MR) is 52.7 cm³/mol. The van der Waals surface area contributed by atoms with Crippen LogP contribution in [0.1, 0.15) is 38.9 Å².